The molecule has 102 valence electrons. The van der Waals surface area contributed by atoms with Gasteiger partial charge >= 0.3 is 0 Å². The molecule has 1 atom stereocenters. The summed E-state index contributed by atoms with van der Waals surface area (Å²) in [5.74, 6) is 0.564. The van der Waals surface area contributed by atoms with Crippen molar-refractivity contribution in [2.24, 2.45) is 0 Å². The summed E-state index contributed by atoms with van der Waals surface area (Å²) in [7, 11) is 0. The molecular weight excluding hydrogens is 314 g/mol. The maximum absolute atomic E-state index is 6.15. The second-order valence-corrected chi connectivity index (χ2v) is 5.72. The number of hydrogen-bond acceptors (Lipinski definition) is 2. The molecule has 0 aliphatic carbocycles. The van der Waals surface area contributed by atoms with E-state index in [1.807, 2.05) is 18.2 Å². The summed E-state index contributed by atoms with van der Waals surface area (Å²) in [5, 5.41) is 0. The van der Waals surface area contributed by atoms with Crippen LogP contribution in [0.3, 0.4) is 0 Å². The molecule has 0 saturated carbocycles. The lowest BCUT2D eigenvalue weighted by atomic mass is 10.0. The summed E-state index contributed by atoms with van der Waals surface area (Å²) < 4.78 is 3.14. The summed E-state index contributed by atoms with van der Waals surface area (Å²) >= 11 is 3.48. The third-order valence-corrected chi connectivity index (χ3v) is 4.05. The highest BCUT2D eigenvalue weighted by Crippen LogP contribution is 2.30. The van der Waals surface area contributed by atoms with E-state index >= 15 is 0 Å². The molecule has 0 fully saturated rings. The maximum atomic E-state index is 6.15. The normalized spacial score (nSPS) is 12.7. The topological polar surface area (TPSA) is 43.8 Å². The fourth-order valence-electron chi connectivity index (χ4n) is 2.66. The lowest BCUT2D eigenvalue weighted by Crippen LogP contribution is -2.12. The molecule has 1 unspecified atom stereocenters. The lowest BCUT2D eigenvalue weighted by Gasteiger charge is -2.19. The Balaban J connectivity index is 2.19. The van der Waals surface area contributed by atoms with Crippen LogP contribution in [-0.2, 0) is 0 Å². The summed E-state index contributed by atoms with van der Waals surface area (Å²) in [4.78, 5) is 4.48. The molecule has 0 bridgehead atoms. The van der Waals surface area contributed by atoms with Gasteiger partial charge in [-0.3, -0.25) is 0 Å². The number of halogens is 1. The molecule has 4 heteroatoms. The summed E-state index contributed by atoms with van der Waals surface area (Å²) in [6.07, 6.45) is 0.968. The monoisotopic (exact) mass is 329 g/mol. The van der Waals surface area contributed by atoms with E-state index in [2.05, 4.69) is 62.7 Å². The van der Waals surface area contributed by atoms with Crippen LogP contribution in [0.25, 0.3) is 11.0 Å². The van der Waals surface area contributed by atoms with Crippen LogP contribution in [-0.4, -0.2) is 9.55 Å². The van der Waals surface area contributed by atoms with Gasteiger partial charge in [-0.05, 0) is 30.2 Å². The van der Waals surface area contributed by atoms with Crippen molar-refractivity contribution in [1.82, 2.24) is 9.55 Å². The molecule has 2 N–H and O–H groups in total. The number of anilines is 1. The molecule has 0 spiro atoms. The van der Waals surface area contributed by atoms with Gasteiger partial charge in [-0.15, -0.1) is 0 Å². The minimum atomic E-state index is 0.211. The first-order valence-corrected chi connectivity index (χ1v) is 7.48. The maximum Gasteiger partial charge on any atom is 0.201 e. The first-order valence-electron chi connectivity index (χ1n) is 6.68. The van der Waals surface area contributed by atoms with Gasteiger partial charge in [-0.2, -0.15) is 0 Å². The third kappa shape index (κ3) is 2.20. The number of aromatic nitrogens is 2. The largest absolute Gasteiger partial charge is 0.369 e. The molecule has 3 rings (SSSR count). The van der Waals surface area contributed by atoms with Crippen molar-refractivity contribution in [3.63, 3.8) is 0 Å². The van der Waals surface area contributed by atoms with Crippen molar-refractivity contribution in [3.8, 4) is 0 Å². The first-order chi connectivity index (χ1) is 9.70. The third-order valence-electron chi connectivity index (χ3n) is 3.56. The molecule has 3 nitrogen and oxygen atoms in total. The zero-order valence-corrected chi connectivity index (χ0v) is 12.8. The van der Waals surface area contributed by atoms with Crippen LogP contribution in [0.15, 0.2) is 53.0 Å². The molecule has 0 saturated heterocycles. The quantitative estimate of drug-likeness (QED) is 0.774. The zero-order valence-electron chi connectivity index (χ0n) is 11.3. The Kier molecular flexibility index (Phi) is 3.49. The van der Waals surface area contributed by atoms with Gasteiger partial charge in [0, 0.05) is 4.47 Å². The molecule has 1 heterocycles. The van der Waals surface area contributed by atoms with Gasteiger partial charge in [0.2, 0.25) is 5.95 Å². The fraction of sp³-hybridized carbons (Fsp3) is 0.188. The SMILES string of the molecule is CCC(c1ccccc1)n1c(N)nc2cc(Br)ccc21. The van der Waals surface area contributed by atoms with Gasteiger partial charge in [-0.1, -0.05) is 53.2 Å². The van der Waals surface area contributed by atoms with E-state index in [1.165, 1.54) is 5.56 Å². The fourth-order valence-corrected chi connectivity index (χ4v) is 3.01. The molecule has 3 aromatic rings. The second-order valence-electron chi connectivity index (χ2n) is 4.81. The summed E-state index contributed by atoms with van der Waals surface area (Å²) in [6, 6.07) is 16.7. The van der Waals surface area contributed by atoms with Gasteiger partial charge in [-0.25, -0.2) is 4.98 Å². The Morgan fingerprint density at radius 3 is 2.65 bits per heavy atom. The van der Waals surface area contributed by atoms with Gasteiger partial charge in [0.25, 0.3) is 0 Å². The van der Waals surface area contributed by atoms with E-state index < -0.39 is 0 Å². The van der Waals surface area contributed by atoms with E-state index in [9.17, 15) is 0 Å². The number of nitrogen functional groups attached to an aromatic ring is 1. The van der Waals surface area contributed by atoms with Gasteiger partial charge in [0.1, 0.15) is 0 Å². The van der Waals surface area contributed by atoms with Crippen LogP contribution in [0.1, 0.15) is 24.9 Å². The van der Waals surface area contributed by atoms with Crippen LogP contribution in [0, 0.1) is 0 Å². The number of nitrogens with zero attached hydrogens (tertiary/aromatic N) is 2. The Morgan fingerprint density at radius 2 is 1.95 bits per heavy atom. The Labute approximate surface area is 126 Å². The van der Waals surface area contributed by atoms with Crippen molar-refractivity contribution < 1.29 is 0 Å². The number of fused-ring (bicyclic) bond motifs is 1. The smallest absolute Gasteiger partial charge is 0.201 e. The van der Waals surface area contributed by atoms with Crippen molar-refractivity contribution >= 4 is 32.9 Å². The zero-order chi connectivity index (χ0) is 14.1. The van der Waals surface area contributed by atoms with E-state index in [0.717, 1.165) is 21.9 Å². The first kappa shape index (κ1) is 13.2. The molecule has 0 radical (unpaired) electrons. The summed E-state index contributed by atoms with van der Waals surface area (Å²) in [6.45, 7) is 2.17. The van der Waals surface area contributed by atoms with Crippen LogP contribution in [0.2, 0.25) is 0 Å². The van der Waals surface area contributed by atoms with E-state index in [1.54, 1.807) is 0 Å². The van der Waals surface area contributed by atoms with Crippen molar-refractivity contribution in [2.45, 2.75) is 19.4 Å². The molecule has 2 aromatic carbocycles. The Bertz CT molecular complexity index is 734. The highest BCUT2D eigenvalue weighted by atomic mass is 79.9. The van der Waals surface area contributed by atoms with E-state index in [4.69, 9.17) is 5.73 Å². The molecule has 0 amide bonds. The number of benzene rings is 2. The molecular formula is C16H16BrN3. The minimum Gasteiger partial charge on any atom is -0.369 e. The minimum absolute atomic E-state index is 0.211. The predicted octanol–water partition coefficient (Wildman–Crippen LogP) is 4.38. The molecule has 0 aliphatic heterocycles. The molecule has 1 aromatic heterocycles. The average molecular weight is 330 g/mol. The Morgan fingerprint density at radius 1 is 1.20 bits per heavy atom. The lowest BCUT2D eigenvalue weighted by molar-refractivity contribution is 0.589. The average Bonchev–Trinajstić information content (AvgIpc) is 2.77. The van der Waals surface area contributed by atoms with Crippen LogP contribution in [0.5, 0.6) is 0 Å². The van der Waals surface area contributed by atoms with E-state index in [0.29, 0.717) is 5.95 Å². The Hall–Kier alpha value is -1.81. The van der Waals surface area contributed by atoms with Crippen molar-refractivity contribution in [3.05, 3.63) is 58.6 Å². The van der Waals surface area contributed by atoms with E-state index in [-0.39, 0.29) is 6.04 Å². The van der Waals surface area contributed by atoms with Gasteiger partial charge in [0.15, 0.2) is 0 Å². The predicted molar refractivity (Wildman–Crippen MR) is 86.7 cm³/mol. The highest BCUT2D eigenvalue weighted by molar-refractivity contribution is 9.10. The second kappa shape index (κ2) is 5.29. The van der Waals surface area contributed by atoms with Gasteiger partial charge < -0.3 is 10.3 Å². The van der Waals surface area contributed by atoms with Crippen molar-refractivity contribution in [1.29, 1.82) is 0 Å². The number of nitrogens with two attached hydrogens (primary N) is 1. The number of imidazole rings is 1. The van der Waals surface area contributed by atoms with Crippen LogP contribution < -0.4 is 5.73 Å². The number of rotatable bonds is 3. The molecule has 20 heavy (non-hydrogen) atoms. The number of hydrogen-bond donors (Lipinski definition) is 1. The highest BCUT2D eigenvalue weighted by Gasteiger charge is 2.17. The molecule has 0 aliphatic rings. The standard InChI is InChI=1S/C16H16BrN3/c1-2-14(11-6-4-3-5-7-11)20-15-9-8-12(17)10-13(15)19-16(20)18/h3-10,14H,2H2,1H3,(H2,18,19). The van der Waals surface area contributed by atoms with Gasteiger partial charge in [0.05, 0.1) is 17.1 Å². The van der Waals surface area contributed by atoms with Crippen LogP contribution in [0.4, 0.5) is 5.95 Å². The van der Waals surface area contributed by atoms with Crippen molar-refractivity contribution in [2.75, 3.05) is 5.73 Å². The summed E-state index contributed by atoms with van der Waals surface area (Å²) in [5.41, 5.74) is 9.40. The van der Waals surface area contributed by atoms with Crippen LogP contribution >= 0.6 is 15.9 Å².